The Morgan fingerprint density at radius 2 is 1.96 bits per heavy atom. The summed E-state index contributed by atoms with van der Waals surface area (Å²) in [6, 6.07) is 9.41. The molecule has 0 unspecified atom stereocenters. The number of benzene rings is 1. The van der Waals surface area contributed by atoms with Crippen LogP contribution in [0.15, 0.2) is 24.3 Å². The molecule has 7 nitrogen and oxygen atoms in total. The largest absolute Gasteiger partial charge is 0.468 e. The Kier molecular flexibility index (Phi) is 6.55. The van der Waals surface area contributed by atoms with Crippen molar-refractivity contribution < 1.29 is 9.53 Å². The van der Waals surface area contributed by atoms with Crippen molar-refractivity contribution in [1.29, 1.82) is 5.26 Å². The van der Waals surface area contributed by atoms with E-state index in [1.54, 1.807) is 0 Å². The van der Waals surface area contributed by atoms with Crippen LogP contribution in [0.3, 0.4) is 0 Å². The summed E-state index contributed by atoms with van der Waals surface area (Å²) in [6.45, 7) is 4.07. The molecule has 0 amide bonds. The fourth-order valence-electron chi connectivity index (χ4n) is 3.38. The summed E-state index contributed by atoms with van der Waals surface area (Å²) in [7, 11) is 1.27. The first-order valence-corrected chi connectivity index (χ1v) is 9.43. The third-order valence-electron chi connectivity index (χ3n) is 4.83. The maximum absolute atomic E-state index is 12.0. The van der Waals surface area contributed by atoms with Gasteiger partial charge in [0.2, 0.25) is 0 Å². The van der Waals surface area contributed by atoms with Crippen molar-refractivity contribution >= 4 is 22.8 Å². The fraction of sp³-hybridized carbons (Fsp3) is 0.500. The molecule has 2 aromatic rings. The Morgan fingerprint density at radius 1 is 1.26 bits per heavy atom. The number of nitrogens with one attached hydrogen (secondary N) is 1. The van der Waals surface area contributed by atoms with Gasteiger partial charge >= 0.3 is 5.97 Å². The minimum absolute atomic E-state index is 0.320. The van der Waals surface area contributed by atoms with Crippen molar-refractivity contribution in [3.63, 3.8) is 0 Å². The normalized spacial score (nSPS) is 15.9. The van der Waals surface area contributed by atoms with Gasteiger partial charge in [-0.15, -0.1) is 0 Å². The van der Waals surface area contributed by atoms with E-state index in [1.807, 2.05) is 30.3 Å². The quantitative estimate of drug-likeness (QED) is 0.594. The summed E-state index contributed by atoms with van der Waals surface area (Å²) in [6.07, 6.45) is 4.84. The molecule has 1 aromatic heterocycles. The van der Waals surface area contributed by atoms with Crippen LogP contribution >= 0.6 is 0 Å². The lowest BCUT2D eigenvalue weighted by atomic mass is 10.1. The number of piperidine rings is 1. The van der Waals surface area contributed by atoms with Gasteiger partial charge in [-0.3, -0.25) is 4.79 Å². The number of nitrogens with zero attached hydrogens (tertiary/aromatic N) is 4. The summed E-state index contributed by atoms with van der Waals surface area (Å²) < 4.78 is 4.77. The standard InChI is InChI=1S/C20H25N5O2/c1-27-20(26)15(14-21)18-19(24-17-9-4-3-8-16(17)23-18)22-10-7-13-25-11-5-2-6-12-25/h3-4,8-9,15H,2,5-7,10-13H2,1H3,(H,22,24)/t15-/m0/s1. The van der Waals surface area contributed by atoms with Gasteiger partial charge < -0.3 is 15.0 Å². The summed E-state index contributed by atoms with van der Waals surface area (Å²) >= 11 is 0. The minimum atomic E-state index is -1.10. The first-order valence-electron chi connectivity index (χ1n) is 9.43. The second-order valence-electron chi connectivity index (χ2n) is 6.71. The van der Waals surface area contributed by atoms with Crippen LogP contribution in [0.25, 0.3) is 11.0 Å². The SMILES string of the molecule is COC(=O)[C@@H](C#N)c1nc2ccccc2nc1NCCCN1CCCCC1. The Labute approximate surface area is 159 Å². The first-order chi connectivity index (χ1) is 13.2. The summed E-state index contributed by atoms with van der Waals surface area (Å²) in [5.74, 6) is -1.25. The number of fused-ring (bicyclic) bond motifs is 1. The molecule has 1 aliphatic heterocycles. The fourth-order valence-corrected chi connectivity index (χ4v) is 3.38. The predicted molar refractivity (Wildman–Crippen MR) is 103 cm³/mol. The molecule has 0 spiro atoms. The van der Waals surface area contributed by atoms with Crippen molar-refractivity contribution in [2.24, 2.45) is 0 Å². The van der Waals surface area contributed by atoms with Gasteiger partial charge in [-0.05, 0) is 51.0 Å². The molecule has 7 heteroatoms. The number of nitriles is 1. The maximum atomic E-state index is 12.0. The van der Waals surface area contributed by atoms with Crippen molar-refractivity contribution in [1.82, 2.24) is 14.9 Å². The van der Waals surface area contributed by atoms with E-state index in [0.717, 1.165) is 18.5 Å². The highest BCUT2D eigenvalue weighted by Crippen LogP contribution is 2.25. The van der Waals surface area contributed by atoms with Gasteiger partial charge in [-0.2, -0.15) is 5.26 Å². The van der Waals surface area contributed by atoms with Crippen molar-refractivity contribution in [2.45, 2.75) is 31.6 Å². The van der Waals surface area contributed by atoms with Crippen LogP contribution in [-0.2, 0) is 9.53 Å². The van der Waals surface area contributed by atoms with Crippen LogP contribution in [0.1, 0.15) is 37.3 Å². The number of likely N-dealkylation sites (tertiary alicyclic amines) is 1. The number of hydrogen-bond acceptors (Lipinski definition) is 7. The second kappa shape index (κ2) is 9.28. The number of carbonyl (C=O) groups is 1. The third-order valence-corrected chi connectivity index (χ3v) is 4.83. The molecule has 2 heterocycles. The van der Waals surface area contributed by atoms with Gasteiger partial charge in [0.15, 0.2) is 11.7 Å². The molecular weight excluding hydrogens is 342 g/mol. The highest BCUT2D eigenvalue weighted by atomic mass is 16.5. The number of carbonyl (C=O) groups excluding carboxylic acids is 1. The maximum Gasteiger partial charge on any atom is 0.329 e. The average molecular weight is 367 g/mol. The van der Waals surface area contributed by atoms with Crippen LogP contribution < -0.4 is 5.32 Å². The molecule has 1 aromatic carbocycles. The minimum Gasteiger partial charge on any atom is -0.468 e. The van der Waals surface area contributed by atoms with Crippen LogP contribution in [0, 0.1) is 11.3 Å². The van der Waals surface area contributed by atoms with Gasteiger partial charge in [0.1, 0.15) is 5.69 Å². The molecule has 1 aliphatic rings. The zero-order valence-corrected chi connectivity index (χ0v) is 15.6. The van der Waals surface area contributed by atoms with Gasteiger partial charge in [0, 0.05) is 6.54 Å². The number of rotatable bonds is 7. The van der Waals surface area contributed by atoms with E-state index < -0.39 is 11.9 Å². The zero-order valence-electron chi connectivity index (χ0n) is 15.6. The molecule has 1 fully saturated rings. The number of methoxy groups -OCH3 is 1. The Hall–Kier alpha value is -2.72. The number of esters is 1. The van der Waals surface area contributed by atoms with E-state index in [-0.39, 0.29) is 0 Å². The molecular formula is C20H25N5O2. The topological polar surface area (TPSA) is 91.1 Å². The molecule has 27 heavy (non-hydrogen) atoms. The van der Waals surface area contributed by atoms with E-state index in [0.29, 0.717) is 23.6 Å². The second-order valence-corrected chi connectivity index (χ2v) is 6.71. The lowest BCUT2D eigenvalue weighted by Gasteiger charge is -2.26. The molecule has 1 N–H and O–H groups in total. The summed E-state index contributed by atoms with van der Waals surface area (Å²) in [4.78, 5) is 23.6. The summed E-state index contributed by atoms with van der Waals surface area (Å²) in [5, 5.41) is 12.7. The number of anilines is 1. The van der Waals surface area contributed by atoms with Crippen LogP contribution in [0.2, 0.25) is 0 Å². The zero-order chi connectivity index (χ0) is 19.1. The molecule has 0 radical (unpaired) electrons. The lowest BCUT2D eigenvalue weighted by Crippen LogP contribution is -2.31. The van der Waals surface area contributed by atoms with Crippen LogP contribution in [-0.4, -0.2) is 54.1 Å². The number of para-hydroxylation sites is 2. The van der Waals surface area contributed by atoms with E-state index in [1.165, 1.54) is 39.5 Å². The van der Waals surface area contributed by atoms with E-state index >= 15 is 0 Å². The molecule has 0 bridgehead atoms. The number of aromatic nitrogens is 2. The number of ether oxygens (including phenoxy) is 1. The van der Waals surface area contributed by atoms with Crippen LogP contribution in [0.4, 0.5) is 5.82 Å². The highest BCUT2D eigenvalue weighted by molar-refractivity contribution is 5.84. The molecule has 0 saturated carbocycles. The molecule has 1 saturated heterocycles. The van der Waals surface area contributed by atoms with Crippen molar-refractivity contribution in [2.75, 3.05) is 38.6 Å². The van der Waals surface area contributed by atoms with E-state index in [2.05, 4.69) is 20.2 Å². The van der Waals surface area contributed by atoms with Gasteiger partial charge in [0.05, 0.1) is 24.2 Å². The van der Waals surface area contributed by atoms with Gasteiger partial charge in [-0.25, -0.2) is 9.97 Å². The average Bonchev–Trinajstić information content (AvgIpc) is 2.72. The highest BCUT2D eigenvalue weighted by Gasteiger charge is 2.27. The van der Waals surface area contributed by atoms with E-state index in [4.69, 9.17) is 4.74 Å². The predicted octanol–water partition coefficient (Wildman–Crippen LogP) is 2.70. The lowest BCUT2D eigenvalue weighted by molar-refractivity contribution is -0.141. The van der Waals surface area contributed by atoms with Gasteiger partial charge in [0.25, 0.3) is 0 Å². The Balaban J connectivity index is 1.76. The van der Waals surface area contributed by atoms with Gasteiger partial charge in [-0.1, -0.05) is 18.6 Å². The van der Waals surface area contributed by atoms with Crippen molar-refractivity contribution in [3.05, 3.63) is 30.0 Å². The molecule has 142 valence electrons. The monoisotopic (exact) mass is 367 g/mol. The molecule has 0 aliphatic carbocycles. The first kappa shape index (κ1) is 19.1. The smallest absolute Gasteiger partial charge is 0.329 e. The van der Waals surface area contributed by atoms with Crippen molar-refractivity contribution in [3.8, 4) is 6.07 Å². The molecule has 1 atom stereocenters. The Morgan fingerprint density at radius 3 is 2.63 bits per heavy atom. The molecule has 3 rings (SSSR count). The van der Waals surface area contributed by atoms with Crippen LogP contribution in [0.5, 0.6) is 0 Å². The number of hydrogen-bond donors (Lipinski definition) is 1. The van der Waals surface area contributed by atoms with E-state index in [9.17, 15) is 10.1 Å². The summed E-state index contributed by atoms with van der Waals surface area (Å²) in [5.41, 5.74) is 1.69. The third kappa shape index (κ3) is 4.72. The Bertz CT molecular complexity index is 827.